The normalized spacial score (nSPS) is 10.0. The maximum absolute atomic E-state index is 12.1. The maximum atomic E-state index is 12.1. The molecule has 0 unspecified atom stereocenters. The molecule has 4 nitrogen and oxygen atoms in total. The number of rotatable bonds is 3. The minimum atomic E-state index is -0.401. The van der Waals surface area contributed by atoms with Gasteiger partial charge in [0.15, 0.2) is 0 Å². The number of carbonyl (C=O) groups excluding carboxylic acids is 2. The third kappa shape index (κ3) is 3.83. The van der Waals surface area contributed by atoms with Crippen LogP contribution in [0.2, 0.25) is 5.02 Å². The third-order valence-corrected chi connectivity index (χ3v) is 3.30. The summed E-state index contributed by atoms with van der Waals surface area (Å²) in [6, 6.07) is 11.6. The van der Waals surface area contributed by atoms with Crippen LogP contribution in [0.5, 0.6) is 5.75 Å². The lowest BCUT2D eigenvalue weighted by atomic mass is 10.1. The van der Waals surface area contributed by atoms with Gasteiger partial charge in [-0.1, -0.05) is 17.7 Å². The van der Waals surface area contributed by atoms with Crippen molar-refractivity contribution < 1.29 is 14.3 Å². The first-order valence-corrected chi connectivity index (χ1v) is 6.70. The van der Waals surface area contributed by atoms with Gasteiger partial charge in [-0.3, -0.25) is 9.59 Å². The summed E-state index contributed by atoms with van der Waals surface area (Å²) in [5.41, 5.74) is 1.94. The van der Waals surface area contributed by atoms with Gasteiger partial charge in [0, 0.05) is 23.2 Å². The second-order valence-electron chi connectivity index (χ2n) is 4.48. The molecule has 0 aromatic heterocycles. The van der Waals surface area contributed by atoms with E-state index < -0.39 is 5.97 Å². The first-order chi connectivity index (χ1) is 9.97. The highest BCUT2D eigenvalue weighted by Gasteiger charge is 2.09. The Hall–Kier alpha value is -2.33. The third-order valence-electron chi connectivity index (χ3n) is 2.89. The second-order valence-corrected chi connectivity index (χ2v) is 4.89. The number of halogens is 1. The molecule has 2 aromatic carbocycles. The first-order valence-electron chi connectivity index (χ1n) is 6.32. The number of hydrogen-bond acceptors (Lipinski definition) is 3. The molecule has 0 heterocycles. The Kier molecular flexibility index (Phi) is 4.60. The van der Waals surface area contributed by atoms with Crippen LogP contribution in [0, 0.1) is 6.92 Å². The highest BCUT2D eigenvalue weighted by molar-refractivity contribution is 6.31. The fourth-order valence-corrected chi connectivity index (χ4v) is 1.95. The number of benzene rings is 2. The quantitative estimate of drug-likeness (QED) is 0.692. The number of carbonyl (C=O) groups is 2. The monoisotopic (exact) mass is 303 g/mol. The van der Waals surface area contributed by atoms with Gasteiger partial charge in [-0.25, -0.2) is 0 Å². The van der Waals surface area contributed by atoms with Crippen molar-refractivity contribution in [1.29, 1.82) is 0 Å². The van der Waals surface area contributed by atoms with Crippen LogP contribution < -0.4 is 10.1 Å². The van der Waals surface area contributed by atoms with E-state index in [1.165, 1.54) is 6.92 Å². The van der Waals surface area contributed by atoms with E-state index in [1.54, 1.807) is 42.5 Å². The summed E-state index contributed by atoms with van der Waals surface area (Å²) in [6.07, 6.45) is 0. The Morgan fingerprint density at radius 3 is 2.38 bits per heavy atom. The van der Waals surface area contributed by atoms with Crippen molar-refractivity contribution in [2.24, 2.45) is 0 Å². The molecule has 0 bridgehead atoms. The zero-order chi connectivity index (χ0) is 15.4. The molecule has 0 aliphatic carbocycles. The largest absolute Gasteiger partial charge is 0.427 e. The van der Waals surface area contributed by atoms with Gasteiger partial charge in [-0.15, -0.1) is 0 Å². The average molecular weight is 304 g/mol. The summed E-state index contributed by atoms with van der Waals surface area (Å²) >= 11 is 6.01. The van der Waals surface area contributed by atoms with Gasteiger partial charge in [-0.05, 0) is 48.9 Å². The molecule has 0 radical (unpaired) electrons. The Morgan fingerprint density at radius 2 is 1.76 bits per heavy atom. The van der Waals surface area contributed by atoms with Crippen LogP contribution in [-0.2, 0) is 4.79 Å². The smallest absolute Gasteiger partial charge is 0.308 e. The van der Waals surface area contributed by atoms with Gasteiger partial charge in [-0.2, -0.15) is 0 Å². The number of ether oxygens (including phenoxy) is 1. The minimum Gasteiger partial charge on any atom is -0.427 e. The zero-order valence-electron chi connectivity index (χ0n) is 11.6. The predicted octanol–water partition coefficient (Wildman–Crippen LogP) is 3.83. The van der Waals surface area contributed by atoms with E-state index in [2.05, 4.69) is 5.32 Å². The van der Waals surface area contributed by atoms with Crippen molar-refractivity contribution in [2.45, 2.75) is 13.8 Å². The van der Waals surface area contributed by atoms with Crippen molar-refractivity contribution in [3.05, 3.63) is 58.6 Å². The summed E-state index contributed by atoms with van der Waals surface area (Å²) in [6.45, 7) is 3.16. The SMILES string of the molecule is CC(=O)Oc1ccc(C(=O)Nc2cccc(Cl)c2C)cc1. The van der Waals surface area contributed by atoms with Crippen LogP contribution >= 0.6 is 11.6 Å². The molecule has 2 rings (SSSR count). The molecule has 108 valence electrons. The van der Waals surface area contributed by atoms with Gasteiger partial charge < -0.3 is 10.1 Å². The first kappa shape index (κ1) is 15.1. The number of hydrogen-bond donors (Lipinski definition) is 1. The van der Waals surface area contributed by atoms with E-state index in [0.717, 1.165) is 5.56 Å². The van der Waals surface area contributed by atoms with E-state index in [-0.39, 0.29) is 5.91 Å². The van der Waals surface area contributed by atoms with E-state index in [1.807, 2.05) is 6.92 Å². The lowest BCUT2D eigenvalue weighted by Gasteiger charge is -2.09. The molecule has 0 atom stereocenters. The van der Waals surface area contributed by atoms with Crippen molar-refractivity contribution >= 4 is 29.2 Å². The highest BCUT2D eigenvalue weighted by atomic mass is 35.5. The van der Waals surface area contributed by atoms with Crippen LogP contribution in [0.1, 0.15) is 22.8 Å². The number of esters is 1. The molecule has 1 amide bonds. The van der Waals surface area contributed by atoms with Gasteiger partial charge in [0.1, 0.15) is 5.75 Å². The van der Waals surface area contributed by atoms with Crippen LogP contribution in [0.3, 0.4) is 0 Å². The van der Waals surface area contributed by atoms with E-state index in [4.69, 9.17) is 16.3 Å². The van der Waals surface area contributed by atoms with Crippen molar-refractivity contribution in [2.75, 3.05) is 5.32 Å². The zero-order valence-corrected chi connectivity index (χ0v) is 12.4. The molecule has 0 saturated carbocycles. The van der Waals surface area contributed by atoms with E-state index in [9.17, 15) is 9.59 Å². The molecule has 0 fully saturated rings. The Morgan fingerprint density at radius 1 is 1.10 bits per heavy atom. The fourth-order valence-electron chi connectivity index (χ4n) is 1.78. The fraction of sp³-hybridized carbons (Fsp3) is 0.125. The topological polar surface area (TPSA) is 55.4 Å². The molecular weight excluding hydrogens is 290 g/mol. The van der Waals surface area contributed by atoms with E-state index >= 15 is 0 Å². The Balaban J connectivity index is 2.13. The molecular formula is C16H14ClNO3. The molecule has 0 aliphatic rings. The molecule has 0 aliphatic heterocycles. The Bertz CT molecular complexity index is 680. The summed E-state index contributed by atoms with van der Waals surface area (Å²) in [4.78, 5) is 23.0. The lowest BCUT2D eigenvalue weighted by Crippen LogP contribution is -2.12. The second kappa shape index (κ2) is 6.41. The van der Waals surface area contributed by atoms with Crippen LogP contribution in [0.25, 0.3) is 0 Å². The van der Waals surface area contributed by atoms with Gasteiger partial charge in [0.05, 0.1) is 0 Å². The van der Waals surface area contributed by atoms with Crippen molar-refractivity contribution in [1.82, 2.24) is 0 Å². The predicted molar refractivity (Wildman–Crippen MR) is 81.9 cm³/mol. The standard InChI is InChI=1S/C16H14ClNO3/c1-10-14(17)4-3-5-15(10)18-16(20)12-6-8-13(9-7-12)21-11(2)19/h3-9H,1-2H3,(H,18,20). The maximum Gasteiger partial charge on any atom is 0.308 e. The van der Waals surface area contributed by atoms with Crippen LogP contribution in [-0.4, -0.2) is 11.9 Å². The summed E-state index contributed by atoms with van der Waals surface area (Å²) in [5, 5.41) is 3.39. The summed E-state index contributed by atoms with van der Waals surface area (Å²) < 4.78 is 4.91. The number of amides is 1. The summed E-state index contributed by atoms with van der Waals surface area (Å²) in [7, 11) is 0. The minimum absolute atomic E-state index is 0.255. The van der Waals surface area contributed by atoms with Gasteiger partial charge in [0.25, 0.3) is 5.91 Å². The van der Waals surface area contributed by atoms with Crippen LogP contribution in [0.15, 0.2) is 42.5 Å². The van der Waals surface area contributed by atoms with Crippen molar-refractivity contribution in [3.63, 3.8) is 0 Å². The number of nitrogens with one attached hydrogen (secondary N) is 1. The Labute approximate surface area is 127 Å². The molecule has 0 spiro atoms. The van der Waals surface area contributed by atoms with Gasteiger partial charge >= 0.3 is 5.97 Å². The molecule has 5 heteroatoms. The highest BCUT2D eigenvalue weighted by Crippen LogP contribution is 2.23. The molecule has 21 heavy (non-hydrogen) atoms. The average Bonchev–Trinajstić information content (AvgIpc) is 2.44. The number of anilines is 1. The van der Waals surface area contributed by atoms with Gasteiger partial charge in [0.2, 0.25) is 0 Å². The molecule has 2 aromatic rings. The van der Waals surface area contributed by atoms with Crippen molar-refractivity contribution in [3.8, 4) is 5.75 Å². The summed E-state index contributed by atoms with van der Waals surface area (Å²) in [5.74, 6) is -0.255. The van der Waals surface area contributed by atoms with Crippen LogP contribution in [0.4, 0.5) is 5.69 Å². The lowest BCUT2D eigenvalue weighted by molar-refractivity contribution is -0.131. The molecule has 1 N–H and O–H groups in total. The molecule has 0 saturated heterocycles. The van der Waals surface area contributed by atoms with E-state index in [0.29, 0.717) is 22.0 Å².